The molecular weight excluding hydrogens is 320 g/mol. The second-order valence-corrected chi connectivity index (χ2v) is 6.65. The number of benzene rings is 1. The van der Waals surface area contributed by atoms with E-state index in [4.69, 9.17) is 4.74 Å². The van der Waals surface area contributed by atoms with Crippen LogP contribution < -0.4 is 10.6 Å². The number of ether oxygens (including phenoxy) is 1. The molecule has 1 saturated carbocycles. The van der Waals surface area contributed by atoms with Crippen molar-refractivity contribution >= 4 is 17.8 Å². The second kappa shape index (κ2) is 9.20. The average molecular weight is 346 g/mol. The minimum Gasteiger partial charge on any atom is -0.454 e. The van der Waals surface area contributed by atoms with Crippen molar-refractivity contribution in [1.82, 2.24) is 10.6 Å². The van der Waals surface area contributed by atoms with Crippen LogP contribution in [0.4, 0.5) is 0 Å². The van der Waals surface area contributed by atoms with Crippen molar-refractivity contribution in [3.05, 3.63) is 35.9 Å². The number of hydrogen-bond donors (Lipinski definition) is 2. The summed E-state index contributed by atoms with van der Waals surface area (Å²) in [4.78, 5) is 35.4. The number of carbonyl (C=O) groups is 3. The van der Waals surface area contributed by atoms with Crippen molar-refractivity contribution in [3.63, 3.8) is 0 Å². The van der Waals surface area contributed by atoms with E-state index in [1.165, 1.54) is 6.42 Å². The van der Waals surface area contributed by atoms with Crippen LogP contribution in [-0.2, 0) is 14.3 Å². The van der Waals surface area contributed by atoms with Gasteiger partial charge in [0.05, 0.1) is 0 Å². The minimum absolute atomic E-state index is 0.132. The third-order valence-electron chi connectivity index (χ3n) is 4.85. The highest BCUT2D eigenvalue weighted by Gasteiger charge is 2.28. The third-order valence-corrected chi connectivity index (χ3v) is 4.85. The molecule has 6 nitrogen and oxygen atoms in total. The molecule has 0 aliphatic heterocycles. The fourth-order valence-electron chi connectivity index (χ4n) is 3.08. The SMILES string of the molecule is C[C@@H]1[C@H](C)CCC[C@H]1NC(=O)COC(=O)CNC(=O)c1ccccc1. The van der Waals surface area contributed by atoms with Crippen LogP contribution in [0.1, 0.15) is 43.5 Å². The van der Waals surface area contributed by atoms with E-state index in [9.17, 15) is 14.4 Å². The Morgan fingerprint density at radius 2 is 1.84 bits per heavy atom. The molecule has 136 valence electrons. The van der Waals surface area contributed by atoms with Crippen LogP contribution in [0.25, 0.3) is 0 Å². The Morgan fingerprint density at radius 3 is 2.56 bits per heavy atom. The molecule has 2 amide bonds. The number of hydrogen-bond acceptors (Lipinski definition) is 4. The maximum atomic E-state index is 12.0. The average Bonchev–Trinajstić information content (AvgIpc) is 2.62. The molecule has 1 aromatic carbocycles. The van der Waals surface area contributed by atoms with Gasteiger partial charge >= 0.3 is 5.97 Å². The summed E-state index contributed by atoms with van der Waals surface area (Å²) < 4.78 is 4.93. The molecule has 1 aliphatic rings. The van der Waals surface area contributed by atoms with E-state index in [0.29, 0.717) is 17.4 Å². The third kappa shape index (κ3) is 5.89. The predicted octanol–water partition coefficient (Wildman–Crippen LogP) is 1.90. The molecule has 25 heavy (non-hydrogen) atoms. The van der Waals surface area contributed by atoms with Gasteiger partial charge in [0, 0.05) is 11.6 Å². The Morgan fingerprint density at radius 1 is 1.12 bits per heavy atom. The second-order valence-electron chi connectivity index (χ2n) is 6.65. The molecule has 0 aromatic heterocycles. The molecule has 0 spiro atoms. The van der Waals surface area contributed by atoms with Gasteiger partial charge in [-0.15, -0.1) is 0 Å². The normalized spacial score (nSPS) is 22.7. The van der Waals surface area contributed by atoms with Gasteiger partial charge in [-0.3, -0.25) is 14.4 Å². The van der Waals surface area contributed by atoms with Crippen molar-refractivity contribution in [1.29, 1.82) is 0 Å². The summed E-state index contributed by atoms with van der Waals surface area (Å²) >= 11 is 0. The van der Waals surface area contributed by atoms with E-state index in [0.717, 1.165) is 12.8 Å². The number of esters is 1. The summed E-state index contributed by atoms with van der Waals surface area (Å²) in [6, 6.07) is 8.72. The lowest BCUT2D eigenvalue weighted by Gasteiger charge is -2.34. The Hall–Kier alpha value is -2.37. The standard InChI is InChI=1S/C19H26N2O4/c1-13-7-6-10-16(14(13)2)21-17(22)12-25-18(23)11-20-19(24)15-8-4-3-5-9-15/h3-5,8-9,13-14,16H,6-7,10-12H2,1-2H3,(H,20,24)(H,21,22)/t13-,14-,16-/m1/s1. The molecule has 0 unspecified atom stereocenters. The zero-order chi connectivity index (χ0) is 18.2. The molecule has 2 N–H and O–H groups in total. The van der Waals surface area contributed by atoms with Crippen LogP contribution in [0.5, 0.6) is 0 Å². The molecule has 0 saturated heterocycles. The summed E-state index contributed by atoms with van der Waals surface area (Å²) in [6.07, 6.45) is 3.24. The van der Waals surface area contributed by atoms with E-state index < -0.39 is 5.97 Å². The summed E-state index contributed by atoms with van der Waals surface area (Å²) in [7, 11) is 0. The number of nitrogens with one attached hydrogen (secondary N) is 2. The molecule has 1 aliphatic carbocycles. The molecule has 1 aromatic rings. The smallest absolute Gasteiger partial charge is 0.325 e. The van der Waals surface area contributed by atoms with Crippen LogP contribution in [0, 0.1) is 11.8 Å². The Labute approximate surface area is 148 Å². The first kappa shape index (κ1) is 19.0. The van der Waals surface area contributed by atoms with E-state index >= 15 is 0 Å². The van der Waals surface area contributed by atoms with E-state index in [1.54, 1.807) is 30.3 Å². The zero-order valence-electron chi connectivity index (χ0n) is 14.8. The van der Waals surface area contributed by atoms with Gasteiger partial charge in [0.2, 0.25) is 0 Å². The quantitative estimate of drug-likeness (QED) is 0.771. The first-order valence-corrected chi connectivity index (χ1v) is 8.75. The van der Waals surface area contributed by atoms with E-state index in [2.05, 4.69) is 24.5 Å². The first-order chi connectivity index (χ1) is 12.0. The lowest BCUT2D eigenvalue weighted by Crippen LogP contribution is -2.45. The predicted molar refractivity (Wildman–Crippen MR) is 93.8 cm³/mol. The highest BCUT2D eigenvalue weighted by Crippen LogP contribution is 2.29. The molecule has 1 fully saturated rings. The molecule has 2 rings (SSSR count). The minimum atomic E-state index is -0.635. The largest absolute Gasteiger partial charge is 0.454 e. The molecular formula is C19H26N2O4. The lowest BCUT2D eigenvalue weighted by molar-refractivity contribution is -0.147. The van der Waals surface area contributed by atoms with E-state index in [1.807, 2.05) is 0 Å². The molecule has 0 radical (unpaired) electrons. The summed E-state index contributed by atoms with van der Waals surface area (Å²) in [5.74, 6) is -0.293. The number of amides is 2. The van der Waals surface area contributed by atoms with Gasteiger partial charge in [-0.1, -0.05) is 44.9 Å². The Bertz CT molecular complexity index is 603. The van der Waals surface area contributed by atoms with Gasteiger partial charge in [0.1, 0.15) is 6.54 Å². The van der Waals surface area contributed by atoms with Crippen LogP contribution >= 0.6 is 0 Å². The van der Waals surface area contributed by atoms with Gasteiger partial charge in [0.15, 0.2) is 6.61 Å². The van der Waals surface area contributed by atoms with Gasteiger partial charge in [-0.2, -0.15) is 0 Å². The maximum Gasteiger partial charge on any atom is 0.325 e. The van der Waals surface area contributed by atoms with Crippen molar-refractivity contribution in [2.75, 3.05) is 13.2 Å². The zero-order valence-corrected chi connectivity index (χ0v) is 14.8. The lowest BCUT2D eigenvalue weighted by atomic mass is 9.78. The summed E-state index contributed by atoms with van der Waals surface area (Å²) in [5.41, 5.74) is 0.466. The maximum absolute atomic E-state index is 12.0. The molecule has 3 atom stereocenters. The van der Waals surface area contributed by atoms with Crippen LogP contribution in [-0.4, -0.2) is 37.0 Å². The van der Waals surface area contributed by atoms with Crippen LogP contribution in [0.3, 0.4) is 0 Å². The topological polar surface area (TPSA) is 84.5 Å². The number of carbonyl (C=O) groups excluding carboxylic acids is 3. The van der Waals surface area contributed by atoms with Gasteiger partial charge in [-0.05, 0) is 30.4 Å². The molecule has 6 heteroatoms. The fraction of sp³-hybridized carbons (Fsp3) is 0.526. The first-order valence-electron chi connectivity index (χ1n) is 8.75. The highest BCUT2D eigenvalue weighted by molar-refractivity contribution is 5.96. The van der Waals surface area contributed by atoms with Crippen molar-refractivity contribution in [3.8, 4) is 0 Å². The highest BCUT2D eigenvalue weighted by atomic mass is 16.5. The van der Waals surface area contributed by atoms with Gasteiger partial charge in [-0.25, -0.2) is 0 Å². The van der Waals surface area contributed by atoms with Crippen LogP contribution in [0.2, 0.25) is 0 Å². The fourth-order valence-corrected chi connectivity index (χ4v) is 3.08. The Kier molecular flexibility index (Phi) is 6.98. The van der Waals surface area contributed by atoms with Crippen molar-refractivity contribution in [2.45, 2.75) is 39.2 Å². The van der Waals surface area contributed by atoms with Gasteiger partial charge < -0.3 is 15.4 Å². The van der Waals surface area contributed by atoms with E-state index in [-0.39, 0.29) is 31.0 Å². The summed E-state index contributed by atoms with van der Waals surface area (Å²) in [5, 5.41) is 5.41. The van der Waals surface area contributed by atoms with Gasteiger partial charge in [0.25, 0.3) is 11.8 Å². The summed E-state index contributed by atoms with van der Waals surface area (Å²) in [6.45, 7) is 3.74. The Balaban J connectivity index is 1.67. The molecule has 0 bridgehead atoms. The number of rotatable bonds is 6. The van der Waals surface area contributed by atoms with Crippen molar-refractivity contribution < 1.29 is 19.1 Å². The molecule has 0 heterocycles. The van der Waals surface area contributed by atoms with Crippen LogP contribution in [0.15, 0.2) is 30.3 Å². The van der Waals surface area contributed by atoms with Crippen molar-refractivity contribution in [2.24, 2.45) is 11.8 Å². The monoisotopic (exact) mass is 346 g/mol.